The summed E-state index contributed by atoms with van der Waals surface area (Å²) < 4.78 is 5.76. The third kappa shape index (κ3) is 4.29. The maximum atomic E-state index is 5.76. The Morgan fingerprint density at radius 3 is 2.67 bits per heavy atom. The zero-order valence-electron chi connectivity index (χ0n) is 13.2. The van der Waals surface area contributed by atoms with Crippen molar-refractivity contribution >= 4 is 11.3 Å². The second kappa shape index (κ2) is 7.57. The van der Waals surface area contributed by atoms with E-state index in [1.807, 2.05) is 31.4 Å². The fourth-order valence-electron chi connectivity index (χ4n) is 2.26. The minimum Gasteiger partial charge on any atom is -0.489 e. The van der Waals surface area contributed by atoms with Crippen LogP contribution in [-0.2, 0) is 6.42 Å². The number of nitrogens with one attached hydrogen (secondary N) is 1. The van der Waals surface area contributed by atoms with E-state index >= 15 is 0 Å². The smallest absolute Gasteiger partial charge is 0.138 e. The van der Waals surface area contributed by atoms with Crippen molar-refractivity contribution < 1.29 is 4.74 Å². The maximum absolute atomic E-state index is 5.76. The Balaban J connectivity index is 2.29. The van der Waals surface area contributed by atoms with Gasteiger partial charge in [0.05, 0.1) is 18.3 Å². The first-order valence-corrected chi connectivity index (χ1v) is 8.39. The van der Waals surface area contributed by atoms with Crippen molar-refractivity contribution in [3.8, 4) is 5.75 Å². The molecule has 2 aromatic rings. The molecule has 0 saturated heterocycles. The summed E-state index contributed by atoms with van der Waals surface area (Å²) in [5, 5.41) is 3.55. The molecule has 0 aliphatic rings. The Morgan fingerprint density at radius 1 is 1.24 bits per heavy atom. The number of nitrogens with zero attached hydrogens (tertiary/aromatic N) is 1. The molecule has 0 fully saturated rings. The van der Waals surface area contributed by atoms with Crippen LogP contribution in [0.4, 0.5) is 0 Å². The van der Waals surface area contributed by atoms with Crippen LogP contribution in [0.1, 0.15) is 49.1 Å². The minimum absolute atomic E-state index is 0.160. The monoisotopic (exact) mass is 304 g/mol. The highest BCUT2D eigenvalue weighted by atomic mass is 32.1. The number of aryl methyl sites for hydroxylation is 1. The second-order valence-electron chi connectivity index (χ2n) is 5.27. The molecular formula is C17H24N2OS. The SMILES string of the molecule is CCNC(c1cncc(OC(C)C)c1)c1ccc(CC)s1. The molecule has 0 amide bonds. The third-order valence-corrected chi connectivity index (χ3v) is 4.46. The van der Waals surface area contributed by atoms with Crippen molar-refractivity contribution in [2.75, 3.05) is 6.54 Å². The Bertz CT molecular complexity index is 565. The van der Waals surface area contributed by atoms with Gasteiger partial charge in [0.25, 0.3) is 0 Å². The molecule has 4 heteroatoms. The lowest BCUT2D eigenvalue weighted by Gasteiger charge is -2.18. The molecule has 0 radical (unpaired) electrons. The second-order valence-corrected chi connectivity index (χ2v) is 6.47. The predicted octanol–water partition coefficient (Wildman–Crippen LogP) is 4.19. The zero-order valence-corrected chi connectivity index (χ0v) is 14.0. The third-order valence-electron chi connectivity index (χ3n) is 3.16. The average molecular weight is 304 g/mol. The van der Waals surface area contributed by atoms with Crippen molar-refractivity contribution in [2.45, 2.75) is 46.3 Å². The molecule has 2 aromatic heterocycles. The van der Waals surface area contributed by atoms with Crippen LogP contribution in [-0.4, -0.2) is 17.6 Å². The van der Waals surface area contributed by atoms with Crippen molar-refractivity contribution in [3.05, 3.63) is 45.9 Å². The first kappa shape index (κ1) is 16.0. The van der Waals surface area contributed by atoms with E-state index < -0.39 is 0 Å². The quantitative estimate of drug-likeness (QED) is 0.833. The van der Waals surface area contributed by atoms with Crippen molar-refractivity contribution in [1.29, 1.82) is 0 Å². The van der Waals surface area contributed by atoms with E-state index in [9.17, 15) is 0 Å². The number of thiophene rings is 1. The molecule has 1 atom stereocenters. The number of ether oxygens (including phenoxy) is 1. The molecule has 2 heterocycles. The summed E-state index contributed by atoms with van der Waals surface area (Å²) in [4.78, 5) is 7.08. The van der Waals surface area contributed by atoms with Crippen LogP contribution in [0.15, 0.2) is 30.6 Å². The van der Waals surface area contributed by atoms with Crippen LogP contribution in [0.5, 0.6) is 5.75 Å². The van der Waals surface area contributed by atoms with E-state index in [0.29, 0.717) is 0 Å². The van der Waals surface area contributed by atoms with Gasteiger partial charge in [0.1, 0.15) is 5.75 Å². The molecular weight excluding hydrogens is 280 g/mol. The van der Waals surface area contributed by atoms with Gasteiger partial charge in [-0.1, -0.05) is 13.8 Å². The summed E-state index contributed by atoms with van der Waals surface area (Å²) in [5.74, 6) is 0.831. The lowest BCUT2D eigenvalue weighted by atomic mass is 10.1. The van der Waals surface area contributed by atoms with Crippen molar-refractivity contribution in [1.82, 2.24) is 10.3 Å². The van der Waals surface area contributed by atoms with E-state index in [4.69, 9.17) is 4.74 Å². The highest BCUT2D eigenvalue weighted by Crippen LogP contribution is 2.30. The van der Waals surface area contributed by atoms with Gasteiger partial charge in [0, 0.05) is 16.0 Å². The first-order valence-electron chi connectivity index (χ1n) is 7.57. The lowest BCUT2D eigenvalue weighted by Crippen LogP contribution is -2.21. The number of hydrogen-bond donors (Lipinski definition) is 1. The van der Waals surface area contributed by atoms with Gasteiger partial charge in [-0.15, -0.1) is 11.3 Å². The van der Waals surface area contributed by atoms with Gasteiger partial charge in [-0.25, -0.2) is 0 Å². The van der Waals surface area contributed by atoms with Gasteiger partial charge >= 0.3 is 0 Å². The van der Waals surface area contributed by atoms with Gasteiger partial charge in [-0.3, -0.25) is 4.98 Å². The van der Waals surface area contributed by atoms with Crippen LogP contribution < -0.4 is 10.1 Å². The van der Waals surface area contributed by atoms with Crippen LogP contribution in [0.2, 0.25) is 0 Å². The minimum atomic E-state index is 0.160. The molecule has 0 aliphatic carbocycles. The summed E-state index contributed by atoms with van der Waals surface area (Å²) in [6.45, 7) is 9.29. The van der Waals surface area contributed by atoms with Crippen molar-refractivity contribution in [2.24, 2.45) is 0 Å². The van der Waals surface area contributed by atoms with E-state index in [2.05, 4.69) is 42.3 Å². The molecule has 0 bridgehead atoms. The topological polar surface area (TPSA) is 34.2 Å². The summed E-state index contributed by atoms with van der Waals surface area (Å²) >= 11 is 1.86. The van der Waals surface area contributed by atoms with Crippen molar-refractivity contribution in [3.63, 3.8) is 0 Å². The fourth-order valence-corrected chi connectivity index (χ4v) is 3.31. The molecule has 0 aromatic carbocycles. The van der Waals surface area contributed by atoms with Crippen LogP contribution >= 0.6 is 11.3 Å². The van der Waals surface area contributed by atoms with Gasteiger partial charge < -0.3 is 10.1 Å². The highest BCUT2D eigenvalue weighted by Gasteiger charge is 2.16. The van der Waals surface area contributed by atoms with Crippen LogP contribution in [0, 0.1) is 0 Å². The molecule has 3 nitrogen and oxygen atoms in total. The molecule has 1 unspecified atom stereocenters. The molecule has 0 aliphatic heterocycles. The fraction of sp³-hybridized carbons (Fsp3) is 0.471. The molecule has 0 spiro atoms. The number of rotatable bonds is 7. The first-order chi connectivity index (χ1) is 10.1. The Hall–Kier alpha value is -1.39. The number of aromatic nitrogens is 1. The number of hydrogen-bond acceptors (Lipinski definition) is 4. The summed E-state index contributed by atoms with van der Waals surface area (Å²) in [6.07, 6.45) is 4.94. The molecule has 114 valence electrons. The maximum Gasteiger partial charge on any atom is 0.138 e. The van der Waals surface area contributed by atoms with E-state index in [0.717, 1.165) is 24.3 Å². The predicted molar refractivity (Wildman–Crippen MR) is 89.2 cm³/mol. The highest BCUT2D eigenvalue weighted by molar-refractivity contribution is 7.12. The standard InChI is InChI=1S/C17H24N2OS/c1-5-15-7-8-16(21-15)17(19-6-2)13-9-14(11-18-10-13)20-12(3)4/h7-12,17,19H,5-6H2,1-4H3. The Morgan fingerprint density at radius 2 is 2.05 bits per heavy atom. The lowest BCUT2D eigenvalue weighted by molar-refractivity contribution is 0.241. The molecule has 1 N–H and O–H groups in total. The average Bonchev–Trinajstić information content (AvgIpc) is 2.93. The summed E-state index contributed by atoms with van der Waals surface area (Å²) in [6, 6.07) is 6.70. The summed E-state index contributed by atoms with van der Waals surface area (Å²) in [5.41, 5.74) is 1.15. The van der Waals surface area contributed by atoms with Crippen LogP contribution in [0.25, 0.3) is 0 Å². The number of pyridine rings is 1. The Labute approximate surface area is 131 Å². The van der Waals surface area contributed by atoms with Gasteiger partial charge in [0.2, 0.25) is 0 Å². The van der Waals surface area contributed by atoms with Gasteiger partial charge in [-0.05, 0) is 50.6 Å². The zero-order chi connectivity index (χ0) is 15.2. The van der Waals surface area contributed by atoms with Crippen LogP contribution in [0.3, 0.4) is 0 Å². The molecule has 21 heavy (non-hydrogen) atoms. The van der Waals surface area contributed by atoms with E-state index in [1.54, 1.807) is 6.20 Å². The normalized spacial score (nSPS) is 12.6. The van der Waals surface area contributed by atoms with Gasteiger partial charge in [-0.2, -0.15) is 0 Å². The largest absolute Gasteiger partial charge is 0.489 e. The molecule has 2 rings (SSSR count). The molecule has 0 saturated carbocycles. The van der Waals surface area contributed by atoms with E-state index in [-0.39, 0.29) is 12.1 Å². The Kier molecular flexibility index (Phi) is 5.76. The van der Waals surface area contributed by atoms with E-state index in [1.165, 1.54) is 9.75 Å². The van der Waals surface area contributed by atoms with Gasteiger partial charge in [0.15, 0.2) is 0 Å². The summed E-state index contributed by atoms with van der Waals surface area (Å²) in [7, 11) is 0.